The van der Waals surface area contributed by atoms with Crippen molar-refractivity contribution in [3.8, 4) is 11.5 Å². The van der Waals surface area contributed by atoms with Crippen molar-refractivity contribution in [1.29, 1.82) is 0 Å². The van der Waals surface area contributed by atoms with Crippen molar-refractivity contribution in [3.63, 3.8) is 0 Å². The van der Waals surface area contributed by atoms with Gasteiger partial charge in [0.25, 0.3) is 5.91 Å². The minimum absolute atomic E-state index is 0.00402. The molecule has 0 saturated carbocycles. The SMILES string of the molecule is CCOc1cc(C2C(C(=O)c3cccs3)=C(O)C(=O)N2c2nc3ccc(Cl)cc3s2)ccc1OCCC(C)C. The normalized spacial score (nSPS) is 15.6. The first-order valence-corrected chi connectivity index (χ1v) is 14.7. The monoisotopic (exact) mass is 582 g/mol. The standard InChI is InChI=1S/C29H27ClN2O5S2/c1-4-36-21-14-17(7-10-20(21)37-12-11-16(2)3)25-24(26(33)22-6-5-13-38-22)27(34)28(35)32(25)29-31-19-9-8-18(30)15-23(19)39-29/h5-10,13-16,25,34H,4,11-12H2,1-3H3. The van der Waals surface area contributed by atoms with Gasteiger partial charge in [0, 0.05) is 5.02 Å². The van der Waals surface area contributed by atoms with Gasteiger partial charge in [-0.05, 0) is 66.6 Å². The third-order valence-electron chi connectivity index (χ3n) is 6.28. The predicted molar refractivity (Wildman–Crippen MR) is 156 cm³/mol. The number of halogens is 1. The lowest BCUT2D eigenvalue weighted by molar-refractivity contribution is -0.117. The Kier molecular flexibility index (Phi) is 7.93. The molecule has 10 heteroatoms. The van der Waals surface area contributed by atoms with Gasteiger partial charge in [-0.25, -0.2) is 4.98 Å². The highest BCUT2D eigenvalue weighted by atomic mass is 35.5. The molecule has 4 aromatic rings. The Balaban J connectivity index is 1.62. The second kappa shape index (κ2) is 11.4. The molecule has 0 fully saturated rings. The fraction of sp³-hybridized carbons (Fsp3) is 0.276. The highest BCUT2D eigenvalue weighted by Gasteiger charge is 2.46. The molecule has 0 radical (unpaired) electrons. The summed E-state index contributed by atoms with van der Waals surface area (Å²) in [5.74, 6) is -0.142. The van der Waals surface area contributed by atoms with E-state index in [1.54, 1.807) is 53.9 Å². The molecular formula is C29H27ClN2O5S2. The smallest absolute Gasteiger partial charge is 0.296 e. The van der Waals surface area contributed by atoms with Crippen LogP contribution in [-0.4, -0.2) is 35.0 Å². The molecule has 1 unspecified atom stereocenters. The Hall–Kier alpha value is -3.40. The maximum Gasteiger partial charge on any atom is 0.296 e. The summed E-state index contributed by atoms with van der Waals surface area (Å²) >= 11 is 8.69. The van der Waals surface area contributed by atoms with Crippen molar-refractivity contribution in [2.75, 3.05) is 18.1 Å². The maximum atomic E-state index is 13.6. The number of carbonyl (C=O) groups is 2. The van der Waals surface area contributed by atoms with Crippen LogP contribution in [0.5, 0.6) is 11.5 Å². The molecule has 1 atom stereocenters. The first kappa shape index (κ1) is 27.2. The van der Waals surface area contributed by atoms with Gasteiger partial charge in [-0.1, -0.05) is 48.9 Å². The molecule has 202 valence electrons. The van der Waals surface area contributed by atoms with Gasteiger partial charge >= 0.3 is 0 Å². The van der Waals surface area contributed by atoms with Gasteiger partial charge < -0.3 is 14.6 Å². The number of amides is 1. The van der Waals surface area contributed by atoms with Crippen LogP contribution in [0.2, 0.25) is 5.02 Å². The number of thiophene rings is 1. The highest BCUT2D eigenvalue weighted by molar-refractivity contribution is 7.22. The second-order valence-electron chi connectivity index (χ2n) is 9.43. The van der Waals surface area contributed by atoms with Crippen LogP contribution in [0.4, 0.5) is 5.13 Å². The van der Waals surface area contributed by atoms with E-state index in [-0.39, 0.29) is 5.57 Å². The van der Waals surface area contributed by atoms with Crippen LogP contribution < -0.4 is 14.4 Å². The molecule has 0 saturated heterocycles. The van der Waals surface area contributed by atoms with E-state index in [1.165, 1.54) is 27.6 Å². The third-order valence-corrected chi connectivity index (χ3v) is 8.40. The first-order chi connectivity index (χ1) is 18.8. The number of rotatable bonds is 10. The average Bonchev–Trinajstić information content (AvgIpc) is 3.63. The summed E-state index contributed by atoms with van der Waals surface area (Å²) in [7, 11) is 0. The van der Waals surface area contributed by atoms with Gasteiger partial charge in [-0.3, -0.25) is 14.5 Å². The molecule has 1 aliphatic heterocycles. The van der Waals surface area contributed by atoms with Crippen LogP contribution in [0, 0.1) is 5.92 Å². The number of anilines is 1. The lowest BCUT2D eigenvalue weighted by Crippen LogP contribution is -2.31. The summed E-state index contributed by atoms with van der Waals surface area (Å²) in [6.45, 7) is 7.06. The van der Waals surface area contributed by atoms with Crippen molar-refractivity contribution >= 4 is 61.3 Å². The molecule has 5 rings (SSSR count). The highest BCUT2D eigenvalue weighted by Crippen LogP contribution is 2.46. The average molecular weight is 583 g/mol. The number of Topliss-reactive ketones (excluding diaryl/α,β-unsaturated/α-hetero) is 1. The van der Waals surface area contributed by atoms with E-state index >= 15 is 0 Å². The zero-order chi connectivity index (χ0) is 27.7. The molecule has 0 aliphatic carbocycles. The van der Waals surface area contributed by atoms with E-state index < -0.39 is 23.5 Å². The zero-order valence-electron chi connectivity index (χ0n) is 21.6. The maximum absolute atomic E-state index is 13.6. The largest absolute Gasteiger partial charge is 0.503 e. The number of aliphatic hydroxyl groups excluding tert-OH is 1. The van der Waals surface area contributed by atoms with Gasteiger partial charge in [0.15, 0.2) is 22.4 Å². The predicted octanol–water partition coefficient (Wildman–Crippen LogP) is 7.62. The molecular weight excluding hydrogens is 556 g/mol. The molecule has 39 heavy (non-hydrogen) atoms. The number of ketones is 1. The lowest BCUT2D eigenvalue weighted by Gasteiger charge is -2.25. The fourth-order valence-electron chi connectivity index (χ4n) is 4.37. The van der Waals surface area contributed by atoms with Crippen LogP contribution >= 0.6 is 34.3 Å². The van der Waals surface area contributed by atoms with Crippen molar-refractivity contribution in [2.45, 2.75) is 33.2 Å². The van der Waals surface area contributed by atoms with Crippen LogP contribution in [0.1, 0.15) is 48.5 Å². The van der Waals surface area contributed by atoms with E-state index in [0.717, 1.165) is 11.1 Å². The van der Waals surface area contributed by atoms with E-state index in [4.69, 9.17) is 21.1 Å². The number of carbonyl (C=O) groups excluding carboxylic acids is 2. The third kappa shape index (κ3) is 5.39. The Morgan fingerprint density at radius 3 is 2.69 bits per heavy atom. The number of thiazole rings is 1. The van der Waals surface area contributed by atoms with E-state index in [2.05, 4.69) is 18.8 Å². The fourth-order valence-corrected chi connectivity index (χ4v) is 6.31. The number of nitrogens with zero attached hydrogens (tertiary/aromatic N) is 2. The van der Waals surface area contributed by atoms with Crippen LogP contribution in [0.15, 0.2) is 65.2 Å². The molecule has 1 aliphatic rings. The van der Waals surface area contributed by atoms with Crippen molar-refractivity contribution in [3.05, 3.63) is 80.7 Å². The molecule has 3 heterocycles. The lowest BCUT2D eigenvalue weighted by atomic mass is 9.95. The van der Waals surface area contributed by atoms with Gasteiger partial charge in [0.1, 0.15) is 0 Å². The quantitative estimate of drug-likeness (QED) is 0.193. The summed E-state index contributed by atoms with van der Waals surface area (Å²) < 4.78 is 12.7. The van der Waals surface area contributed by atoms with E-state index in [0.29, 0.717) is 56.7 Å². The van der Waals surface area contributed by atoms with Gasteiger partial charge in [0.05, 0.1) is 39.9 Å². The molecule has 1 N–H and O–H groups in total. The summed E-state index contributed by atoms with van der Waals surface area (Å²) in [5, 5.41) is 13.7. The summed E-state index contributed by atoms with van der Waals surface area (Å²) in [4.78, 5) is 33.6. The number of fused-ring (bicyclic) bond motifs is 1. The molecule has 2 aromatic carbocycles. The van der Waals surface area contributed by atoms with Gasteiger partial charge in [-0.15, -0.1) is 11.3 Å². The van der Waals surface area contributed by atoms with E-state index in [9.17, 15) is 14.7 Å². The van der Waals surface area contributed by atoms with E-state index in [1.807, 2.05) is 6.92 Å². The van der Waals surface area contributed by atoms with Gasteiger partial charge in [0.2, 0.25) is 5.78 Å². The molecule has 7 nitrogen and oxygen atoms in total. The summed E-state index contributed by atoms with van der Waals surface area (Å²) in [5.41, 5.74) is 1.24. The summed E-state index contributed by atoms with van der Waals surface area (Å²) in [6, 6.07) is 13.1. The minimum atomic E-state index is -0.924. The number of aromatic nitrogens is 1. The van der Waals surface area contributed by atoms with Crippen molar-refractivity contribution in [1.82, 2.24) is 4.98 Å². The first-order valence-electron chi connectivity index (χ1n) is 12.6. The molecule has 0 spiro atoms. The Bertz CT molecular complexity index is 1560. The molecule has 2 aromatic heterocycles. The van der Waals surface area contributed by atoms with Gasteiger partial charge in [-0.2, -0.15) is 0 Å². The Labute approximate surface area is 239 Å². The minimum Gasteiger partial charge on any atom is -0.503 e. The molecule has 0 bridgehead atoms. The topological polar surface area (TPSA) is 89.0 Å². The second-order valence-corrected chi connectivity index (χ2v) is 11.8. The Morgan fingerprint density at radius 2 is 1.97 bits per heavy atom. The number of hydrogen-bond donors (Lipinski definition) is 1. The molecule has 1 amide bonds. The zero-order valence-corrected chi connectivity index (χ0v) is 24.0. The number of aliphatic hydroxyl groups is 1. The number of ether oxygens (including phenoxy) is 2. The van der Waals surface area contributed by atoms with Crippen molar-refractivity contribution in [2.24, 2.45) is 5.92 Å². The van der Waals surface area contributed by atoms with Crippen LogP contribution in [0.25, 0.3) is 10.2 Å². The number of hydrogen-bond acceptors (Lipinski definition) is 8. The van der Waals surface area contributed by atoms with Crippen LogP contribution in [-0.2, 0) is 4.79 Å². The summed E-state index contributed by atoms with van der Waals surface area (Å²) in [6.07, 6.45) is 0.885. The Morgan fingerprint density at radius 1 is 1.15 bits per heavy atom. The van der Waals surface area contributed by atoms with Crippen molar-refractivity contribution < 1.29 is 24.2 Å². The van der Waals surface area contributed by atoms with Crippen LogP contribution in [0.3, 0.4) is 0 Å². The number of benzene rings is 2.